The maximum absolute atomic E-state index is 13.2. The molecule has 0 fully saturated rings. The molecule has 0 spiro atoms. The van der Waals surface area contributed by atoms with Gasteiger partial charge in [-0.15, -0.1) is 0 Å². The van der Waals surface area contributed by atoms with Crippen LogP contribution >= 0.6 is 15.9 Å². The van der Waals surface area contributed by atoms with Gasteiger partial charge in [0.2, 0.25) is 0 Å². The minimum Gasteiger partial charge on any atom is -0.337 e. The first-order chi connectivity index (χ1) is 8.63. The van der Waals surface area contributed by atoms with Crippen molar-refractivity contribution in [1.82, 2.24) is 15.0 Å². The van der Waals surface area contributed by atoms with Gasteiger partial charge >= 0.3 is 0 Å². The quantitative estimate of drug-likeness (QED) is 0.742. The van der Waals surface area contributed by atoms with E-state index in [0.29, 0.717) is 15.9 Å². The Labute approximate surface area is 111 Å². The second-order valence-electron chi connectivity index (χ2n) is 4.10. The number of pyridine rings is 1. The number of hydrogen-bond donors (Lipinski definition) is 1. The highest BCUT2D eigenvalue weighted by atomic mass is 79.9. The number of aromatic nitrogens is 3. The zero-order valence-corrected chi connectivity index (χ0v) is 11.1. The van der Waals surface area contributed by atoms with Crippen molar-refractivity contribution in [2.24, 2.45) is 0 Å². The monoisotopic (exact) mass is 305 g/mol. The Kier molecular flexibility index (Phi) is 2.63. The minimum atomic E-state index is -0.288. The van der Waals surface area contributed by atoms with E-state index in [2.05, 4.69) is 30.9 Å². The van der Waals surface area contributed by atoms with Crippen molar-refractivity contribution in [3.63, 3.8) is 0 Å². The smallest absolute Gasteiger partial charge is 0.178 e. The van der Waals surface area contributed by atoms with Crippen LogP contribution in [-0.4, -0.2) is 15.0 Å². The van der Waals surface area contributed by atoms with E-state index in [1.54, 1.807) is 18.3 Å². The van der Waals surface area contributed by atoms with Gasteiger partial charge in [-0.25, -0.2) is 14.4 Å². The van der Waals surface area contributed by atoms with Gasteiger partial charge in [0.25, 0.3) is 0 Å². The number of rotatable bonds is 1. The number of halogens is 2. The lowest BCUT2D eigenvalue weighted by molar-refractivity contribution is 0.621. The number of imidazole rings is 1. The van der Waals surface area contributed by atoms with Gasteiger partial charge < -0.3 is 4.98 Å². The molecule has 0 bridgehead atoms. The number of nitrogens with one attached hydrogen (secondary N) is 1. The Morgan fingerprint density at radius 2 is 2.11 bits per heavy atom. The van der Waals surface area contributed by atoms with Crippen LogP contribution < -0.4 is 0 Å². The molecule has 0 saturated carbocycles. The first kappa shape index (κ1) is 11.3. The molecule has 0 amide bonds. The maximum Gasteiger partial charge on any atom is 0.178 e. The summed E-state index contributed by atoms with van der Waals surface area (Å²) in [6.07, 6.45) is 1.77. The fourth-order valence-corrected chi connectivity index (χ4v) is 2.16. The van der Waals surface area contributed by atoms with Gasteiger partial charge in [-0.2, -0.15) is 0 Å². The van der Waals surface area contributed by atoms with Gasteiger partial charge in [0.1, 0.15) is 11.6 Å². The predicted molar refractivity (Wildman–Crippen MR) is 71.7 cm³/mol. The van der Waals surface area contributed by atoms with Gasteiger partial charge in [-0.05, 0) is 52.7 Å². The molecular weight excluding hydrogens is 297 g/mol. The van der Waals surface area contributed by atoms with Crippen LogP contribution in [0.3, 0.4) is 0 Å². The number of aryl methyl sites for hydroxylation is 1. The molecule has 3 nitrogen and oxygen atoms in total. The van der Waals surface area contributed by atoms with Gasteiger partial charge in [-0.3, -0.25) is 0 Å². The van der Waals surface area contributed by atoms with Crippen LogP contribution in [-0.2, 0) is 0 Å². The van der Waals surface area contributed by atoms with Crippen LogP contribution in [0.15, 0.2) is 34.9 Å². The normalized spacial score (nSPS) is 11.1. The van der Waals surface area contributed by atoms with Crippen molar-refractivity contribution in [1.29, 1.82) is 0 Å². The maximum atomic E-state index is 13.2. The highest BCUT2D eigenvalue weighted by Crippen LogP contribution is 2.24. The molecule has 0 unspecified atom stereocenters. The third-order valence-electron chi connectivity index (χ3n) is 2.67. The van der Waals surface area contributed by atoms with Crippen molar-refractivity contribution in [2.45, 2.75) is 6.92 Å². The van der Waals surface area contributed by atoms with Crippen molar-refractivity contribution in [3.05, 3.63) is 46.3 Å². The number of benzene rings is 1. The summed E-state index contributed by atoms with van der Waals surface area (Å²) < 4.78 is 13.6. The fraction of sp³-hybridized carbons (Fsp3) is 0.0769. The van der Waals surface area contributed by atoms with E-state index in [-0.39, 0.29) is 5.82 Å². The van der Waals surface area contributed by atoms with Crippen molar-refractivity contribution < 1.29 is 4.39 Å². The molecule has 5 heteroatoms. The van der Waals surface area contributed by atoms with Gasteiger partial charge in [0.15, 0.2) is 5.65 Å². The highest BCUT2D eigenvalue weighted by molar-refractivity contribution is 9.10. The predicted octanol–water partition coefficient (Wildman–Crippen LogP) is 3.83. The van der Waals surface area contributed by atoms with Crippen LogP contribution in [0.25, 0.3) is 22.6 Å². The van der Waals surface area contributed by atoms with E-state index in [0.717, 1.165) is 16.6 Å². The Bertz CT molecular complexity index is 736. The van der Waals surface area contributed by atoms with Gasteiger partial charge in [-0.1, -0.05) is 0 Å². The Balaban J connectivity index is 2.16. The standard InChI is InChI=1S/C13H9BrFN3/c1-7-4-11-13(16-6-7)18-12(17-11)8-2-3-10(15)9(14)5-8/h2-6H,1H3,(H,16,17,18). The van der Waals surface area contributed by atoms with Crippen LogP contribution in [0.4, 0.5) is 4.39 Å². The molecule has 0 saturated heterocycles. The number of fused-ring (bicyclic) bond motifs is 1. The average Bonchev–Trinajstić information content (AvgIpc) is 2.75. The van der Waals surface area contributed by atoms with E-state index < -0.39 is 0 Å². The summed E-state index contributed by atoms with van der Waals surface area (Å²) in [6.45, 7) is 1.97. The summed E-state index contributed by atoms with van der Waals surface area (Å²) in [7, 11) is 0. The molecule has 1 aromatic carbocycles. The minimum absolute atomic E-state index is 0.288. The molecule has 3 rings (SSSR count). The second-order valence-corrected chi connectivity index (χ2v) is 4.95. The van der Waals surface area contributed by atoms with Gasteiger partial charge in [0.05, 0.1) is 9.99 Å². The van der Waals surface area contributed by atoms with Crippen molar-refractivity contribution in [3.8, 4) is 11.4 Å². The Morgan fingerprint density at radius 1 is 1.28 bits per heavy atom. The first-order valence-corrected chi connectivity index (χ1v) is 6.20. The number of H-pyrrole nitrogens is 1. The summed E-state index contributed by atoms with van der Waals surface area (Å²) in [5, 5.41) is 0. The molecule has 2 aromatic heterocycles. The zero-order chi connectivity index (χ0) is 12.7. The zero-order valence-electron chi connectivity index (χ0n) is 9.54. The van der Waals surface area contributed by atoms with E-state index in [4.69, 9.17) is 0 Å². The molecule has 1 N–H and O–H groups in total. The molecule has 18 heavy (non-hydrogen) atoms. The Hall–Kier alpha value is -1.75. The van der Waals surface area contributed by atoms with Crippen LogP contribution in [0.2, 0.25) is 0 Å². The molecule has 0 atom stereocenters. The fourth-order valence-electron chi connectivity index (χ4n) is 1.78. The van der Waals surface area contributed by atoms with E-state index in [9.17, 15) is 4.39 Å². The second kappa shape index (κ2) is 4.17. The van der Waals surface area contributed by atoms with E-state index in [1.165, 1.54) is 6.07 Å². The van der Waals surface area contributed by atoms with Gasteiger partial charge in [0, 0.05) is 11.8 Å². The summed E-state index contributed by atoms with van der Waals surface area (Å²) in [4.78, 5) is 11.8. The Morgan fingerprint density at radius 3 is 2.89 bits per heavy atom. The lowest BCUT2D eigenvalue weighted by Gasteiger charge is -1.98. The molecular formula is C13H9BrFN3. The lowest BCUT2D eigenvalue weighted by Crippen LogP contribution is -1.83. The van der Waals surface area contributed by atoms with Crippen LogP contribution in [0, 0.1) is 12.7 Å². The van der Waals surface area contributed by atoms with Crippen molar-refractivity contribution in [2.75, 3.05) is 0 Å². The third-order valence-corrected chi connectivity index (χ3v) is 3.27. The number of aromatic amines is 1. The highest BCUT2D eigenvalue weighted by Gasteiger charge is 2.08. The van der Waals surface area contributed by atoms with Crippen LogP contribution in [0.5, 0.6) is 0 Å². The number of nitrogens with zero attached hydrogens (tertiary/aromatic N) is 2. The largest absolute Gasteiger partial charge is 0.337 e. The third kappa shape index (κ3) is 1.90. The topological polar surface area (TPSA) is 41.6 Å². The van der Waals surface area contributed by atoms with E-state index >= 15 is 0 Å². The first-order valence-electron chi connectivity index (χ1n) is 5.41. The summed E-state index contributed by atoms with van der Waals surface area (Å²) >= 11 is 3.17. The summed E-state index contributed by atoms with van der Waals surface area (Å²) in [5.41, 5.74) is 3.43. The lowest BCUT2D eigenvalue weighted by atomic mass is 10.2. The summed E-state index contributed by atoms with van der Waals surface area (Å²) in [5.74, 6) is 0.396. The molecule has 90 valence electrons. The molecule has 0 aliphatic heterocycles. The average molecular weight is 306 g/mol. The van der Waals surface area contributed by atoms with E-state index in [1.807, 2.05) is 13.0 Å². The van der Waals surface area contributed by atoms with Crippen LogP contribution in [0.1, 0.15) is 5.56 Å². The molecule has 2 heterocycles. The number of hydrogen-bond acceptors (Lipinski definition) is 2. The SMILES string of the molecule is Cc1cnc2nc(-c3ccc(F)c(Br)c3)[nH]c2c1. The molecule has 0 aliphatic rings. The van der Waals surface area contributed by atoms with Crippen molar-refractivity contribution >= 4 is 27.1 Å². The molecule has 0 aliphatic carbocycles. The summed E-state index contributed by atoms with van der Waals surface area (Å²) in [6, 6.07) is 6.77. The molecule has 0 radical (unpaired) electrons. The molecule has 3 aromatic rings.